The summed E-state index contributed by atoms with van der Waals surface area (Å²) in [6, 6.07) is 10.0. The predicted molar refractivity (Wildman–Crippen MR) is 122 cm³/mol. The normalized spacial score (nSPS) is 14.1. The molecule has 0 radical (unpaired) electrons. The summed E-state index contributed by atoms with van der Waals surface area (Å²) < 4.78 is 5.45. The van der Waals surface area contributed by atoms with Gasteiger partial charge in [0.25, 0.3) is 0 Å². The Morgan fingerprint density at radius 1 is 1.24 bits per heavy atom. The number of morpholine rings is 1. The fourth-order valence-electron chi connectivity index (χ4n) is 3.17. The van der Waals surface area contributed by atoms with Gasteiger partial charge in [0.2, 0.25) is 0 Å². The zero-order chi connectivity index (χ0) is 19.5. The van der Waals surface area contributed by atoms with E-state index in [2.05, 4.69) is 27.0 Å². The molecule has 1 saturated heterocycles. The maximum absolute atomic E-state index is 12.6. The van der Waals surface area contributed by atoms with Gasteiger partial charge in [-0.2, -0.15) is 0 Å². The molecule has 1 aromatic carbocycles. The number of ether oxygens (including phenoxy) is 1. The Hall–Kier alpha value is -1.71. The monoisotopic (exact) mass is 450 g/mol. The largest absolute Gasteiger partial charge is 0.378 e. The summed E-state index contributed by atoms with van der Waals surface area (Å²) in [6.45, 7) is 5.58. The number of carbonyl (C=O) groups is 1. The van der Waals surface area contributed by atoms with Gasteiger partial charge in [0, 0.05) is 35.6 Å². The average Bonchev–Trinajstić information content (AvgIpc) is 3.21. The number of thioether (sulfide) groups is 1. The molecule has 0 aliphatic carbocycles. The van der Waals surface area contributed by atoms with E-state index in [0.717, 1.165) is 57.7 Å². The van der Waals surface area contributed by atoms with E-state index in [-0.39, 0.29) is 18.2 Å². The van der Waals surface area contributed by atoms with E-state index < -0.39 is 0 Å². The molecule has 0 spiro atoms. The van der Waals surface area contributed by atoms with E-state index in [1.165, 1.54) is 23.1 Å². The summed E-state index contributed by atoms with van der Waals surface area (Å²) in [5.41, 5.74) is 7.69. The van der Waals surface area contributed by atoms with Gasteiger partial charge in [0.05, 0.1) is 29.4 Å². The number of Topliss-reactive ketones (excluding diaryl/α,β-unsaturated/α-hetero) is 1. The van der Waals surface area contributed by atoms with Crippen LogP contribution in [0.2, 0.25) is 0 Å². The summed E-state index contributed by atoms with van der Waals surface area (Å²) in [6.07, 6.45) is 0. The number of benzene rings is 1. The summed E-state index contributed by atoms with van der Waals surface area (Å²) >= 11 is 2.94. The number of hydrogen-bond acceptors (Lipinski definition) is 8. The van der Waals surface area contributed by atoms with Crippen molar-refractivity contribution >= 4 is 57.9 Å². The standard InChI is InChI=1S/C20H22N4O2S2.ClH/c1-13-22-17-4-2-14(24-6-8-26-9-7-24)10-16(17)20(23-13)27-12-18(25)19-5-3-15(11-21)28-19;/h2-5,10H,6-9,11-12,21H2,1H3;1H. The first-order chi connectivity index (χ1) is 13.6. The van der Waals surface area contributed by atoms with Crippen LogP contribution >= 0.6 is 35.5 Å². The second kappa shape index (κ2) is 9.86. The number of halogens is 1. The first-order valence-corrected chi connectivity index (χ1v) is 11.0. The van der Waals surface area contributed by atoms with Crippen LogP contribution in [0, 0.1) is 6.92 Å². The molecule has 0 atom stereocenters. The lowest BCUT2D eigenvalue weighted by molar-refractivity contribution is 0.102. The predicted octanol–water partition coefficient (Wildman–Crippen LogP) is 3.69. The van der Waals surface area contributed by atoms with Crippen molar-refractivity contribution in [3.05, 3.63) is 45.9 Å². The van der Waals surface area contributed by atoms with Gasteiger partial charge in [-0.05, 0) is 37.3 Å². The molecule has 1 fully saturated rings. The smallest absolute Gasteiger partial charge is 0.183 e. The summed E-state index contributed by atoms with van der Waals surface area (Å²) in [5, 5.41) is 1.84. The van der Waals surface area contributed by atoms with Crippen LogP contribution in [-0.4, -0.2) is 47.8 Å². The van der Waals surface area contributed by atoms with Crippen molar-refractivity contribution in [3.8, 4) is 0 Å². The molecule has 3 heterocycles. The van der Waals surface area contributed by atoms with E-state index >= 15 is 0 Å². The van der Waals surface area contributed by atoms with Gasteiger partial charge in [-0.25, -0.2) is 9.97 Å². The molecular weight excluding hydrogens is 428 g/mol. The first kappa shape index (κ1) is 22.0. The highest BCUT2D eigenvalue weighted by Gasteiger charge is 2.16. The zero-order valence-electron chi connectivity index (χ0n) is 16.1. The van der Waals surface area contributed by atoms with Crippen LogP contribution in [0.25, 0.3) is 10.9 Å². The summed E-state index contributed by atoms with van der Waals surface area (Å²) in [5.74, 6) is 1.16. The van der Waals surface area contributed by atoms with Crippen LogP contribution in [0.3, 0.4) is 0 Å². The number of aryl methyl sites for hydroxylation is 1. The third kappa shape index (κ3) is 5.07. The lowest BCUT2D eigenvalue weighted by Crippen LogP contribution is -2.36. The quantitative estimate of drug-likeness (QED) is 0.348. The lowest BCUT2D eigenvalue weighted by atomic mass is 10.2. The number of nitrogens with zero attached hydrogens (tertiary/aromatic N) is 3. The number of anilines is 1. The maximum Gasteiger partial charge on any atom is 0.183 e. The molecule has 3 aromatic rings. The molecule has 2 N–H and O–H groups in total. The van der Waals surface area contributed by atoms with Crippen LogP contribution in [-0.2, 0) is 11.3 Å². The van der Waals surface area contributed by atoms with E-state index in [4.69, 9.17) is 10.5 Å². The minimum atomic E-state index is 0. The van der Waals surface area contributed by atoms with Crippen LogP contribution in [0.4, 0.5) is 5.69 Å². The molecular formula is C20H23ClN4O2S2. The fourth-order valence-corrected chi connectivity index (χ4v) is 5.02. The highest BCUT2D eigenvalue weighted by Crippen LogP contribution is 2.30. The number of rotatable bonds is 6. The fraction of sp³-hybridized carbons (Fsp3) is 0.350. The molecule has 2 aromatic heterocycles. The molecule has 1 aliphatic heterocycles. The Bertz CT molecular complexity index is 1010. The van der Waals surface area contributed by atoms with Crippen molar-refractivity contribution in [2.24, 2.45) is 5.73 Å². The molecule has 29 heavy (non-hydrogen) atoms. The molecule has 154 valence electrons. The van der Waals surface area contributed by atoms with Crippen molar-refractivity contribution in [1.29, 1.82) is 0 Å². The Morgan fingerprint density at radius 3 is 2.76 bits per heavy atom. The summed E-state index contributed by atoms with van der Waals surface area (Å²) in [7, 11) is 0. The molecule has 4 rings (SSSR count). The zero-order valence-corrected chi connectivity index (χ0v) is 18.5. The molecule has 0 saturated carbocycles. The van der Waals surface area contributed by atoms with Crippen molar-refractivity contribution in [1.82, 2.24) is 9.97 Å². The Balaban J connectivity index is 0.00000240. The van der Waals surface area contributed by atoms with Crippen molar-refractivity contribution in [2.75, 3.05) is 37.0 Å². The number of nitrogens with two attached hydrogens (primary N) is 1. The van der Waals surface area contributed by atoms with Crippen LogP contribution in [0.5, 0.6) is 0 Å². The van der Waals surface area contributed by atoms with Gasteiger partial charge >= 0.3 is 0 Å². The number of carbonyl (C=O) groups excluding carboxylic acids is 1. The lowest BCUT2D eigenvalue weighted by Gasteiger charge is -2.29. The molecule has 0 unspecified atom stereocenters. The number of fused-ring (bicyclic) bond motifs is 1. The van der Waals surface area contributed by atoms with Gasteiger partial charge in [0.15, 0.2) is 5.78 Å². The van der Waals surface area contributed by atoms with E-state index in [1.54, 1.807) is 0 Å². The van der Waals surface area contributed by atoms with Crippen LogP contribution < -0.4 is 10.6 Å². The van der Waals surface area contributed by atoms with E-state index in [1.807, 2.05) is 25.1 Å². The Kier molecular flexibility index (Phi) is 7.48. The average molecular weight is 451 g/mol. The van der Waals surface area contributed by atoms with Crippen molar-refractivity contribution in [2.45, 2.75) is 18.5 Å². The van der Waals surface area contributed by atoms with Crippen molar-refractivity contribution < 1.29 is 9.53 Å². The first-order valence-electron chi connectivity index (χ1n) is 9.20. The molecule has 6 nitrogen and oxygen atoms in total. The van der Waals surface area contributed by atoms with Crippen LogP contribution in [0.15, 0.2) is 35.4 Å². The third-order valence-corrected chi connectivity index (χ3v) is 6.75. The number of aromatic nitrogens is 2. The molecule has 0 bridgehead atoms. The van der Waals surface area contributed by atoms with E-state index in [9.17, 15) is 4.79 Å². The third-order valence-electron chi connectivity index (χ3n) is 4.61. The minimum absolute atomic E-state index is 0. The number of thiophene rings is 1. The second-order valence-electron chi connectivity index (χ2n) is 6.56. The van der Waals surface area contributed by atoms with Gasteiger partial charge < -0.3 is 15.4 Å². The Labute approximate surface area is 184 Å². The number of hydrogen-bond donors (Lipinski definition) is 1. The molecule has 1 aliphatic rings. The van der Waals surface area contributed by atoms with Gasteiger partial charge in [-0.3, -0.25) is 4.79 Å². The van der Waals surface area contributed by atoms with Crippen LogP contribution in [0.1, 0.15) is 20.4 Å². The SMILES string of the molecule is Cc1nc(SCC(=O)c2ccc(CN)s2)c2cc(N3CCOCC3)ccc2n1.Cl. The van der Waals surface area contributed by atoms with Gasteiger partial charge in [0.1, 0.15) is 10.9 Å². The highest BCUT2D eigenvalue weighted by molar-refractivity contribution is 8.00. The second-order valence-corrected chi connectivity index (χ2v) is 8.69. The molecule has 9 heteroatoms. The molecule has 0 amide bonds. The van der Waals surface area contributed by atoms with Gasteiger partial charge in [-0.1, -0.05) is 11.8 Å². The van der Waals surface area contributed by atoms with Crippen molar-refractivity contribution in [3.63, 3.8) is 0 Å². The van der Waals surface area contributed by atoms with Gasteiger partial charge in [-0.15, -0.1) is 23.7 Å². The highest BCUT2D eigenvalue weighted by atomic mass is 35.5. The Morgan fingerprint density at radius 2 is 2.03 bits per heavy atom. The summed E-state index contributed by atoms with van der Waals surface area (Å²) in [4.78, 5) is 25.8. The minimum Gasteiger partial charge on any atom is -0.378 e. The van der Waals surface area contributed by atoms with E-state index in [0.29, 0.717) is 18.1 Å². The maximum atomic E-state index is 12.6. The topological polar surface area (TPSA) is 81.3 Å². The number of ketones is 1.